The summed E-state index contributed by atoms with van der Waals surface area (Å²) in [4.78, 5) is 21.0. The van der Waals surface area contributed by atoms with Crippen LogP contribution >= 0.6 is 11.6 Å². The Hall–Kier alpha value is -2.34. The lowest BCUT2D eigenvalue weighted by molar-refractivity contribution is 0.0946. The van der Waals surface area contributed by atoms with Crippen LogP contribution in [-0.4, -0.2) is 31.4 Å². The Labute approximate surface area is 139 Å². The molecule has 3 rings (SSSR count). The molecule has 0 saturated carbocycles. The van der Waals surface area contributed by atoms with Gasteiger partial charge in [0, 0.05) is 42.8 Å². The molecular formula is C16H18ClN5O. The van der Waals surface area contributed by atoms with Gasteiger partial charge in [-0.25, -0.2) is 9.97 Å². The number of hydrogen-bond acceptors (Lipinski definition) is 3. The molecular weight excluding hydrogens is 314 g/mol. The van der Waals surface area contributed by atoms with Gasteiger partial charge >= 0.3 is 0 Å². The monoisotopic (exact) mass is 331 g/mol. The minimum Gasteiger partial charge on any atom is -0.351 e. The predicted molar refractivity (Wildman–Crippen MR) is 88.8 cm³/mol. The highest BCUT2D eigenvalue weighted by Crippen LogP contribution is 2.17. The second-order valence-corrected chi connectivity index (χ2v) is 5.68. The van der Waals surface area contributed by atoms with Crippen LogP contribution in [-0.2, 0) is 13.0 Å². The maximum atomic E-state index is 12.5. The molecule has 0 aliphatic heterocycles. The SMILES string of the molecule is CCc1nc2cc(Cl)ccn2c1C(=O)NCCCn1ccnc1. The molecule has 0 unspecified atom stereocenters. The molecule has 1 N–H and O–H groups in total. The smallest absolute Gasteiger partial charge is 0.270 e. The summed E-state index contributed by atoms with van der Waals surface area (Å²) in [6.07, 6.45) is 8.74. The van der Waals surface area contributed by atoms with E-state index in [0.29, 0.717) is 29.3 Å². The third-order valence-electron chi connectivity index (χ3n) is 3.65. The highest BCUT2D eigenvalue weighted by atomic mass is 35.5. The van der Waals surface area contributed by atoms with E-state index in [2.05, 4.69) is 15.3 Å². The third-order valence-corrected chi connectivity index (χ3v) is 3.88. The zero-order valence-corrected chi connectivity index (χ0v) is 13.6. The summed E-state index contributed by atoms with van der Waals surface area (Å²) >= 11 is 5.99. The Morgan fingerprint density at radius 1 is 1.39 bits per heavy atom. The molecule has 0 bridgehead atoms. The Morgan fingerprint density at radius 2 is 2.26 bits per heavy atom. The van der Waals surface area contributed by atoms with Crippen LogP contribution in [0.3, 0.4) is 0 Å². The lowest BCUT2D eigenvalue weighted by Crippen LogP contribution is -2.27. The number of amides is 1. The van der Waals surface area contributed by atoms with Gasteiger partial charge in [0.15, 0.2) is 0 Å². The second kappa shape index (κ2) is 6.83. The Balaban J connectivity index is 1.70. The van der Waals surface area contributed by atoms with Crippen LogP contribution < -0.4 is 5.32 Å². The number of carbonyl (C=O) groups is 1. The molecule has 7 heteroatoms. The maximum Gasteiger partial charge on any atom is 0.270 e. The average Bonchev–Trinajstić information content (AvgIpc) is 3.17. The van der Waals surface area contributed by atoms with Crippen molar-refractivity contribution in [2.24, 2.45) is 0 Å². The first kappa shape index (κ1) is 15.6. The molecule has 0 fully saturated rings. The number of pyridine rings is 1. The van der Waals surface area contributed by atoms with Crippen molar-refractivity contribution in [3.8, 4) is 0 Å². The van der Waals surface area contributed by atoms with E-state index in [4.69, 9.17) is 11.6 Å². The quantitative estimate of drug-likeness (QED) is 0.706. The molecule has 120 valence electrons. The number of fused-ring (bicyclic) bond motifs is 1. The van der Waals surface area contributed by atoms with E-state index in [9.17, 15) is 4.79 Å². The summed E-state index contributed by atoms with van der Waals surface area (Å²) in [5, 5.41) is 3.57. The van der Waals surface area contributed by atoms with Gasteiger partial charge in [0.05, 0.1) is 12.0 Å². The fourth-order valence-electron chi connectivity index (χ4n) is 2.52. The number of nitrogens with one attached hydrogen (secondary N) is 1. The number of hydrogen-bond donors (Lipinski definition) is 1. The first-order valence-electron chi connectivity index (χ1n) is 7.59. The van der Waals surface area contributed by atoms with Gasteiger partial charge in [-0.2, -0.15) is 0 Å². The Kier molecular flexibility index (Phi) is 4.62. The predicted octanol–water partition coefficient (Wildman–Crippen LogP) is 2.57. The van der Waals surface area contributed by atoms with Crippen molar-refractivity contribution in [3.63, 3.8) is 0 Å². The van der Waals surface area contributed by atoms with Crippen LogP contribution in [0.1, 0.15) is 29.5 Å². The third kappa shape index (κ3) is 3.37. The normalized spacial score (nSPS) is 11.0. The molecule has 0 aromatic carbocycles. The summed E-state index contributed by atoms with van der Waals surface area (Å²) in [5.41, 5.74) is 2.05. The molecule has 1 amide bonds. The van der Waals surface area contributed by atoms with Gasteiger partial charge in [-0.1, -0.05) is 18.5 Å². The lowest BCUT2D eigenvalue weighted by Gasteiger charge is -2.07. The topological polar surface area (TPSA) is 64.2 Å². The average molecular weight is 332 g/mol. The van der Waals surface area contributed by atoms with Crippen LogP contribution in [0.25, 0.3) is 5.65 Å². The molecule has 0 aliphatic rings. The first-order chi connectivity index (χ1) is 11.2. The molecule has 0 saturated heterocycles. The number of carbonyl (C=O) groups excluding carboxylic acids is 1. The molecule has 3 heterocycles. The van der Waals surface area contributed by atoms with E-state index < -0.39 is 0 Å². The summed E-state index contributed by atoms with van der Waals surface area (Å²) < 4.78 is 3.77. The summed E-state index contributed by atoms with van der Waals surface area (Å²) in [6.45, 7) is 3.41. The molecule has 23 heavy (non-hydrogen) atoms. The Morgan fingerprint density at radius 3 is 3.00 bits per heavy atom. The van der Waals surface area contributed by atoms with E-state index in [0.717, 1.165) is 18.7 Å². The van der Waals surface area contributed by atoms with Crippen LogP contribution in [0.5, 0.6) is 0 Å². The fraction of sp³-hybridized carbons (Fsp3) is 0.312. The van der Waals surface area contributed by atoms with Gasteiger partial charge in [0.2, 0.25) is 0 Å². The minimum atomic E-state index is -0.109. The van der Waals surface area contributed by atoms with E-state index in [1.165, 1.54) is 0 Å². The molecule has 0 aliphatic carbocycles. The highest BCUT2D eigenvalue weighted by Gasteiger charge is 2.17. The van der Waals surface area contributed by atoms with Crippen LogP contribution in [0.2, 0.25) is 5.02 Å². The minimum absolute atomic E-state index is 0.109. The molecule has 0 radical (unpaired) electrons. The number of aromatic nitrogens is 4. The lowest BCUT2D eigenvalue weighted by atomic mass is 10.2. The van der Waals surface area contributed by atoms with Crippen molar-refractivity contribution in [3.05, 3.63) is 53.5 Å². The highest BCUT2D eigenvalue weighted by molar-refractivity contribution is 6.30. The van der Waals surface area contributed by atoms with Gasteiger partial charge in [0.25, 0.3) is 5.91 Å². The summed E-state index contributed by atoms with van der Waals surface area (Å²) in [7, 11) is 0. The van der Waals surface area contributed by atoms with Gasteiger partial charge in [-0.05, 0) is 18.9 Å². The molecule has 6 nitrogen and oxygen atoms in total. The second-order valence-electron chi connectivity index (χ2n) is 5.24. The van der Waals surface area contributed by atoms with Gasteiger partial charge in [-0.15, -0.1) is 0 Å². The van der Waals surface area contributed by atoms with Gasteiger partial charge < -0.3 is 9.88 Å². The van der Waals surface area contributed by atoms with Crippen molar-refractivity contribution in [2.75, 3.05) is 6.54 Å². The first-order valence-corrected chi connectivity index (χ1v) is 7.97. The van der Waals surface area contributed by atoms with Crippen molar-refractivity contribution >= 4 is 23.2 Å². The van der Waals surface area contributed by atoms with Crippen molar-refractivity contribution in [2.45, 2.75) is 26.3 Å². The Bertz CT molecular complexity index is 809. The summed E-state index contributed by atoms with van der Waals surface area (Å²) in [5.74, 6) is -0.109. The van der Waals surface area contributed by atoms with E-state index >= 15 is 0 Å². The van der Waals surface area contributed by atoms with Gasteiger partial charge in [0.1, 0.15) is 11.3 Å². The van der Waals surface area contributed by atoms with E-state index in [1.54, 1.807) is 35.3 Å². The number of halogens is 1. The molecule has 0 spiro atoms. The zero-order valence-electron chi connectivity index (χ0n) is 12.9. The van der Waals surface area contributed by atoms with Gasteiger partial charge in [-0.3, -0.25) is 9.20 Å². The van der Waals surface area contributed by atoms with E-state index in [-0.39, 0.29) is 5.91 Å². The van der Waals surface area contributed by atoms with Crippen molar-refractivity contribution in [1.29, 1.82) is 0 Å². The number of imidazole rings is 2. The number of rotatable bonds is 6. The zero-order chi connectivity index (χ0) is 16.2. The molecule has 3 aromatic rings. The van der Waals surface area contributed by atoms with Crippen LogP contribution in [0, 0.1) is 0 Å². The maximum absolute atomic E-state index is 12.5. The fourth-order valence-corrected chi connectivity index (χ4v) is 2.68. The van der Waals surface area contributed by atoms with E-state index in [1.807, 2.05) is 17.7 Å². The largest absolute Gasteiger partial charge is 0.351 e. The molecule has 0 atom stereocenters. The summed E-state index contributed by atoms with van der Waals surface area (Å²) in [6, 6.07) is 3.52. The van der Waals surface area contributed by atoms with Crippen molar-refractivity contribution in [1.82, 2.24) is 24.3 Å². The van der Waals surface area contributed by atoms with Crippen molar-refractivity contribution < 1.29 is 4.79 Å². The number of nitrogens with zero attached hydrogens (tertiary/aromatic N) is 4. The van der Waals surface area contributed by atoms with Crippen LogP contribution in [0.15, 0.2) is 37.1 Å². The standard InChI is InChI=1S/C16H18ClN5O/c1-2-13-15(22-8-4-12(17)10-14(22)20-13)16(23)19-5-3-7-21-9-6-18-11-21/h4,6,8-11H,2-3,5,7H2,1H3,(H,19,23). The molecule has 3 aromatic heterocycles. The van der Waals surface area contributed by atoms with Crippen LogP contribution in [0.4, 0.5) is 0 Å². The number of aryl methyl sites for hydroxylation is 2.